The summed E-state index contributed by atoms with van der Waals surface area (Å²) >= 11 is 2.13. The van der Waals surface area contributed by atoms with Crippen molar-refractivity contribution in [3.63, 3.8) is 0 Å². The highest BCUT2D eigenvalue weighted by Gasteiger charge is 2.47. The molecule has 0 amide bonds. The molecule has 114 valence electrons. The van der Waals surface area contributed by atoms with E-state index in [9.17, 15) is 0 Å². The fraction of sp³-hybridized carbons (Fsp3) is 0.429. The first-order valence-electron chi connectivity index (χ1n) is 8.62. The van der Waals surface area contributed by atoms with E-state index in [4.69, 9.17) is 0 Å². The van der Waals surface area contributed by atoms with Crippen LogP contribution >= 0.6 is 11.8 Å². The van der Waals surface area contributed by atoms with E-state index in [1.165, 1.54) is 29.7 Å². The van der Waals surface area contributed by atoms with Crippen LogP contribution in [-0.4, -0.2) is 5.25 Å². The maximum absolute atomic E-state index is 2.48. The number of hydrogen-bond acceptors (Lipinski definition) is 1. The quantitative estimate of drug-likeness (QED) is 0.668. The first-order valence-corrected chi connectivity index (χ1v) is 9.50. The van der Waals surface area contributed by atoms with E-state index in [-0.39, 0.29) is 0 Å². The number of rotatable bonds is 3. The van der Waals surface area contributed by atoms with Gasteiger partial charge in [-0.1, -0.05) is 62.7 Å². The van der Waals surface area contributed by atoms with Crippen molar-refractivity contribution >= 4 is 11.8 Å². The van der Waals surface area contributed by atoms with Crippen molar-refractivity contribution in [2.75, 3.05) is 0 Å². The predicted octanol–water partition coefficient (Wildman–Crippen LogP) is 6.02. The second-order valence-corrected chi connectivity index (χ2v) is 8.18. The van der Waals surface area contributed by atoms with Gasteiger partial charge in [-0.2, -0.15) is 0 Å². The van der Waals surface area contributed by atoms with Gasteiger partial charge >= 0.3 is 0 Å². The molecule has 2 aliphatic rings. The van der Waals surface area contributed by atoms with Crippen molar-refractivity contribution in [2.24, 2.45) is 5.92 Å². The van der Waals surface area contributed by atoms with Crippen molar-refractivity contribution in [2.45, 2.75) is 55.1 Å². The average molecular weight is 308 g/mol. The van der Waals surface area contributed by atoms with E-state index >= 15 is 0 Å². The molecule has 1 heteroatoms. The Morgan fingerprint density at radius 1 is 1.09 bits per heavy atom. The summed E-state index contributed by atoms with van der Waals surface area (Å²) in [6.45, 7) is 4.72. The largest absolute Gasteiger partial charge is 0.121 e. The molecule has 0 radical (unpaired) electrons. The number of hydrogen-bond donors (Lipinski definition) is 0. The van der Waals surface area contributed by atoms with Crippen molar-refractivity contribution in [3.05, 3.63) is 65.2 Å². The Kier molecular flexibility index (Phi) is 3.78. The normalized spacial score (nSPS) is 29.4. The summed E-state index contributed by atoms with van der Waals surface area (Å²) in [5, 5.41) is 0.740. The minimum Gasteiger partial charge on any atom is -0.121 e. The van der Waals surface area contributed by atoms with Gasteiger partial charge in [0, 0.05) is 16.1 Å². The van der Waals surface area contributed by atoms with Gasteiger partial charge in [0.2, 0.25) is 0 Å². The summed E-state index contributed by atoms with van der Waals surface area (Å²) < 4.78 is 0. The van der Waals surface area contributed by atoms with Gasteiger partial charge in [0.1, 0.15) is 0 Å². The maximum atomic E-state index is 2.48. The van der Waals surface area contributed by atoms with Crippen molar-refractivity contribution in [3.8, 4) is 0 Å². The van der Waals surface area contributed by atoms with Crippen molar-refractivity contribution < 1.29 is 0 Å². The van der Waals surface area contributed by atoms with Crippen LogP contribution in [0.4, 0.5) is 0 Å². The third-order valence-electron chi connectivity index (χ3n) is 5.45. The molecular formula is C21H24S. The van der Waals surface area contributed by atoms with Gasteiger partial charge in [-0.05, 0) is 47.4 Å². The van der Waals surface area contributed by atoms with Gasteiger partial charge in [0.05, 0.1) is 0 Å². The van der Waals surface area contributed by atoms with Crippen LogP contribution in [0.1, 0.15) is 55.2 Å². The number of aryl methyl sites for hydroxylation is 1. The molecule has 1 saturated carbocycles. The molecule has 1 heterocycles. The summed E-state index contributed by atoms with van der Waals surface area (Å²) in [5.41, 5.74) is 4.69. The lowest BCUT2D eigenvalue weighted by molar-refractivity contribution is 0.534. The number of thioether (sulfide) groups is 1. The average Bonchev–Trinajstić information content (AvgIpc) is 3.06. The Hall–Kier alpha value is -1.21. The van der Waals surface area contributed by atoms with Crippen molar-refractivity contribution in [1.29, 1.82) is 0 Å². The molecule has 2 aromatic rings. The standard InChI is InChI=1S/C21H24S/c1-3-7-15-8-6-9-16(13-15)18-12-14(2)20-17-10-4-5-11-19(17)22-21(18)20/h4-6,8-11,13-14,18,20-21H,3,7,12H2,1-2H3/t14-,18-,20?,21?/m0/s1. The Balaban J connectivity index is 1.67. The molecule has 0 aromatic heterocycles. The second-order valence-electron chi connectivity index (χ2n) is 6.96. The highest BCUT2D eigenvalue weighted by atomic mass is 32.2. The molecule has 2 aromatic carbocycles. The van der Waals surface area contributed by atoms with E-state index in [0.717, 1.165) is 17.1 Å². The fourth-order valence-electron chi connectivity index (χ4n) is 4.50. The lowest BCUT2D eigenvalue weighted by Crippen LogP contribution is -2.12. The van der Waals surface area contributed by atoms with Gasteiger partial charge in [-0.3, -0.25) is 0 Å². The Morgan fingerprint density at radius 3 is 2.82 bits per heavy atom. The summed E-state index contributed by atoms with van der Waals surface area (Å²) in [6, 6.07) is 18.5. The molecule has 4 atom stereocenters. The molecule has 1 aliphatic carbocycles. The highest BCUT2D eigenvalue weighted by molar-refractivity contribution is 8.00. The molecule has 0 bridgehead atoms. The summed E-state index contributed by atoms with van der Waals surface area (Å²) in [6.07, 6.45) is 3.78. The van der Waals surface area contributed by atoms with E-state index in [2.05, 4.69) is 74.1 Å². The van der Waals surface area contributed by atoms with Crippen LogP contribution in [0.25, 0.3) is 0 Å². The SMILES string of the molecule is CCCc1cccc([C@@H]2C[C@H](C)C3c4ccccc4SC32)c1. The van der Waals surface area contributed by atoms with Crippen LogP contribution in [0.5, 0.6) is 0 Å². The second kappa shape index (κ2) is 5.77. The van der Waals surface area contributed by atoms with Crippen LogP contribution in [0.3, 0.4) is 0 Å². The lowest BCUT2D eigenvalue weighted by Gasteiger charge is -2.19. The molecule has 1 aliphatic heterocycles. The summed E-state index contributed by atoms with van der Waals surface area (Å²) in [7, 11) is 0. The zero-order valence-corrected chi connectivity index (χ0v) is 14.3. The third-order valence-corrected chi connectivity index (χ3v) is 6.97. The molecule has 0 spiro atoms. The minimum absolute atomic E-state index is 0.717. The lowest BCUT2D eigenvalue weighted by atomic mass is 9.90. The van der Waals surface area contributed by atoms with E-state index in [0.29, 0.717) is 5.92 Å². The molecule has 1 fully saturated rings. The Morgan fingerprint density at radius 2 is 1.95 bits per heavy atom. The monoisotopic (exact) mass is 308 g/mol. The number of fused-ring (bicyclic) bond motifs is 3. The van der Waals surface area contributed by atoms with E-state index < -0.39 is 0 Å². The van der Waals surface area contributed by atoms with Crippen LogP contribution in [0, 0.1) is 5.92 Å². The summed E-state index contributed by atoms with van der Waals surface area (Å²) in [5.74, 6) is 2.26. The van der Waals surface area contributed by atoms with Crippen LogP contribution in [0.15, 0.2) is 53.4 Å². The zero-order valence-electron chi connectivity index (χ0n) is 13.5. The maximum Gasteiger partial charge on any atom is 0.0235 e. The van der Waals surface area contributed by atoms with Crippen LogP contribution < -0.4 is 0 Å². The molecule has 2 unspecified atom stereocenters. The predicted molar refractivity (Wildman–Crippen MR) is 95.8 cm³/mol. The van der Waals surface area contributed by atoms with Crippen LogP contribution in [0.2, 0.25) is 0 Å². The van der Waals surface area contributed by atoms with Gasteiger partial charge in [0.15, 0.2) is 0 Å². The smallest absolute Gasteiger partial charge is 0.0235 e. The Labute approximate surface area is 138 Å². The van der Waals surface area contributed by atoms with Crippen LogP contribution in [-0.2, 0) is 6.42 Å². The third kappa shape index (κ3) is 2.31. The van der Waals surface area contributed by atoms with E-state index in [1.807, 2.05) is 0 Å². The molecule has 0 N–H and O–H groups in total. The first-order chi connectivity index (χ1) is 10.8. The highest BCUT2D eigenvalue weighted by Crippen LogP contribution is 2.60. The topological polar surface area (TPSA) is 0 Å². The van der Waals surface area contributed by atoms with Gasteiger partial charge < -0.3 is 0 Å². The summed E-state index contributed by atoms with van der Waals surface area (Å²) in [4.78, 5) is 1.53. The number of benzene rings is 2. The molecule has 22 heavy (non-hydrogen) atoms. The van der Waals surface area contributed by atoms with Gasteiger partial charge in [-0.25, -0.2) is 0 Å². The Bertz CT molecular complexity index is 675. The first kappa shape index (κ1) is 14.4. The molecule has 0 saturated heterocycles. The zero-order chi connectivity index (χ0) is 15.1. The van der Waals surface area contributed by atoms with E-state index in [1.54, 1.807) is 11.1 Å². The van der Waals surface area contributed by atoms with Crippen molar-refractivity contribution in [1.82, 2.24) is 0 Å². The van der Waals surface area contributed by atoms with Gasteiger partial charge in [0.25, 0.3) is 0 Å². The van der Waals surface area contributed by atoms with Gasteiger partial charge in [-0.15, -0.1) is 11.8 Å². The fourth-order valence-corrected chi connectivity index (χ4v) is 6.28. The molecule has 0 nitrogen and oxygen atoms in total. The minimum atomic E-state index is 0.717. The molecular weight excluding hydrogens is 284 g/mol. The molecule has 4 rings (SSSR count).